The molecule has 0 fully saturated rings. The first-order chi connectivity index (χ1) is 8.11. The summed E-state index contributed by atoms with van der Waals surface area (Å²) in [5.41, 5.74) is 8.43. The summed E-state index contributed by atoms with van der Waals surface area (Å²) in [6.45, 7) is 4.77. The van der Waals surface area contributed by atoms with Gasteiger partial charge in [0.2, 0.25) is 0 Å². The van der Waals surface area contributed by atoms with Gasteiger partial charge in [-0.3, -0.25) is 0 Å². The zero-order valence-corrected chi connectivity index (χ0v) is 10.5. The fourth-order valence-electron chi connectivity index (χ4n) is 2.43. The van der Waals surface area contributed by atoms with Gasteiger partial charge in [-0.15, -0.1) is 0 Å². The molecule has 0 amide bonds. The second-order valence-electron chi connectivity index (χ2n) is 5.36. The summed E-state index contributed by atoms with van der Waals surface area (Å²) in [5.74, 6) is 0. The van der Waals surface area contributed by atoms with Gasteiger partial charge in [0.25, 0.3) is 0 Å². The van der Waals surface area contributed by atoms with E-state index in [4.69, 9.17) is 5.73 Å². The van der Waals surface area contributed by atoms with E-state index >= 15 is 0 Å². The monoisotopic (exact) mass is 234 g/mol. The third kappa shape index (κ3) is 3.28. The molecule has 17 heavy (non-hydrogen) atoms. The lowest BCUT2D eigenvalue weighted by Crippen LogP contribution is -2.51. The number of nitrogens with two attached hydrogens (primary N) is 1. The Morgan fingerprint density at radius 2 is 1.76 bits per heavy atom. The van der Waals surface area contributed by atoms with Crippen LogP contribution in [-0.2, 0) is 12.8 Å². The third-order valence-electron chi connectivity index (χ3n) is 3.46. The molecule has 3 N–H and O–H groups in total. The fraction of sp³-hybridized carbons (Fsp3) is 0.571. The van der Waals surface area contributed by atoms with Crippen molar-refractivity contribution < 1.29 is 5.11 Å². The Bertz CT molecular complexity index is 349. The third-order valence-corrected chi connectivity index (χ3v) is 3.46. The van der Waals surface area contributed by atoms with Gasteiger partial charge in [0.05, 0.1) is 6.61 Å². The van der Waals surface area contributed by atoms with Crippen molar-refractivity contribution in [3.8, 4) is 0 Å². The van der Waals surface area contributed by atoms with Gasteiger partial charge in [0.15, 0.2) is 0 Å². The lowest BCUT2D eigenvalue weighted by Gasteiger charge is -2.30. The van der Waals surface area contributed by atoms with Crippen LogP contribution in [0.1, 0.15) is 18.1 Å². The smallest absolute Gasteiger partial charge is 0.0621 e. The van der Waals surface area contributed by atoms with Crippen LogP contribution in [0.4, 0.5) is 0 Å². The van der Waals surface area contributed by atoms with Crippen LogP contribution in [0, 0.1) is 0 Å². The number of fused-ring (bicyclic) bond motifs is 1. The summed E-state index contributed by atoms with van der Waals surface area (Å²) in [6, 6.07) is 8.64. The summed E-state index contributed by atoms with van der Waals surface area (Å²) in [7, 11) is 0. The Morgan fingerprint density at radius 3 is 2.24 bits per heavy atom. The van der Waals surface area contributed by atoms with Gasteiger partial charge in [-0.05, 0) is 30.9 Å². The highest BCUT2D eigenvalue weighted by Crippen LogP contribution is 2.16. The summed E-state index contributed by atoms with van der Waals surface area (Å²) in [5, 5.41) is 9.22. The highest BCUT2D eigenvalue weighted by Gasteiger charge is 2.22. The number of nitrogens with zero attached hydrogens (tertiary/aromatic N) is 1. The van der Waals surface area contributed by atoms with Crippen molar-refractivity contribution in [3.63, 3.8) is 0 Å². The second kappa shape index (κ2) is 5.17. The summed E-state index contributed by atoms with van der Waals surface area (Å²) in [4.78, 5) is 2.36. The average Bonchev–Trinajstić information content (AvgIpc) is 2.52. The van der Waals surface area contributed by atoms with Crippen LogP contribution in [0.2, 0.25) is 0 Å². The molecule has 3 nitrogen and oxygen atoms in total. The Labute approximate surface area is 103 Å². The van der Waals surface area contributed by atoms with Gasteiger partial charge in [-0.1, -0.05) is 24.3 Å². The molecule has 94 valence electrons. The number of hydrogen-bond acceptors (Lipinski definition) is 3. The van der Waals surface area contributed by atoms with E-state index in [1.165, 1.54) is 11.1 Å². The Balaban J connectivity index is 2.00. The lowest BCUT2D eigenvalue weighted by atomic mass is 10.0. The highest BCUT2D eigenvalue weighted by atomic mass is 16.3. The number of rotatable bonds is 3. The quantitative estimate of drug-likeness (QED) is 0.813. The van der Waals surface area contributed by atoms with Gasteiger partial charge < -0.3 is 15.7 Å². The van der Waals surface area contributed by atoms with E-state index in [9.17, 15) is 5.11 Å². The normalized spacial score (nSPS) is 20.4. The van der Waals surface area contributed by atoms with E-state index in [-0.39, 0.29) is 6.61 Å². The molecule has 0 aliphatic carbocycles. The average molecular weight is 234 g/mol. The van der Waals surface area contributed by atoms with Gasteiger partial charge in [0, 0.05) is 25.2 Å². The van der Waals surface area contributed by atoms with Gasteiger partial charge in [0.1, 0.15) is 0 Å². The number of aliphatic hydroxyl groups excluding tert-OH is 1. The minimum Gasteiger partial charge on any atom is -0.394 e. The minimum atomic E-state index is -0.490. The molecule has 0 saturated heterocycles. The number of aliphatic hydroxyl groups is 1. The molecule has 1 aliphatic heterocycles. The Morgan fingerprint density at radius 1 is 1.24 bits per heavy atom. The largest absolute Gasteiger partial charge is 0.394 e. The van der Waals surface area contributed by atoms with Crippen LogP contribution in [-0.4, -0.2) is 41.8 Å². The topological polar surface area (TPSA) is 49.5 Å². The first kappa shape index (κ1) is 12.6. The Hall–Kier alpha value is -0.900. The first-order valence-electron chi connectivity index (χ1n) is 6.30. The van der Waals surface area contributed by atoms with E-state index in [0.29, 0.717) is 0 Å². The molecule has 1 unspecified atom stereocenters. The van der Waals surface area contributed by atoms with E-state index in [0.717, 1.165) is 32.5 Å². The van der Waals surface area contributed by atoms with E-state index < -0.39 is 5.54 Å². The molecule has 0 aromatic heterocycles. The van der Waals surface area contributed by atoms with E-state index in [2.05, 4.69) is 29.2 Å². The van der Waals surface area contributed by atoms with Gasteiger partial charge >= 0.3 is 0 Å². The number of hydrogen-bond donors (Lipinski definition) is 2. The molecule has 1 aliphatic rings. The molecule has 1 heterocycles. The zero-order chi connectivity index (χ0) is 12.3. The molecule has 1 aromatic rings. The van der Waals surface area contributed by atoms with Crippen molar-refractivity contribution in [2.75, 3.05) is 26.2 Å². The van der Waals surface area contributed by atoms with Crippen LogP contribution in [0.5, 0.6) is 0 Å². The predicted molar refractivity (Wildman–Crippen MR) is 70.0 cm³/mol. The van der Waals surface area contributed by atoms with Crippen LogP contribution in [0.3, 0.4) is 0 Å². The first-order valence-corrected chi connectivity index (χ1v) is 6.30. The minimum absolute atomic E-state index is 0.0381. The van der Waals surface area contributed by atoms with Crippen molar-refractivity contribution in [1.82, 2.24) is 4.90 Å². The van der Waals surface area contributed by atoms with Gasteiger partial charge in [-0.2, -0.15) is 0 Å². The van der Waals surface area contributed by atoms with Crippen molar-refractivity contribution in [1.29, 1.82) is 0 Å². The highest BCUT2D eigenvalue weighted by molar-refractivity contribution is 5.28. The van der Waals surface area contributed by atoms with Crippen LogP contribution in [0.25, 0.3) is 0 Å². The molecular weight excluding hydrogens is 212 g/mol. The summed E-state index contributed by atoms with van der Waals surface area (Å²) < 4.78 is 0. The van der Waals surface area contributed by atoms with Crippen molar-refractivity contribution >= 4 is 0 Å². The standard InChI is InChI=1S/C14H22N2O/c1-14(15,11-17)10-16-8-6-12-4-2-3-5-13(12)7-9-16/h2-5,17H,6-11,15H2,1H3. The second-order valence-corrected chi connectivity index (χ2v) is 5.36. The van der Waals surface area contributed by atoms with E-state index in [1.54, 1.807) is 0 Å². The molecule has 2 rings (SSSR count). The maximum Gasteiger partial charge on any atom is 0.0621 e. The molecule has 3 heteroatoms. The van der Waals surface area contributed by atoms with Crippen LogP contribution >= 0.6 is 0 Å². The molecule has 1 atom stereocenters. The molecule has 0 spiro atoms. The Kier molecular flexibility index (Phi) is 3.82. The maximum atomic E-state index is 9.22. The summed E-state index contributed by atoms with van der Waals surface area (Å²) >= 11 is 0. The van der Waals surface area contributed by atoms with Crippen molar-refractivity contribution in [3.05, 3.63) is 35.4 Å². The van der Waals surface area contributed by atoms with Crippen LogP contribution in [0.15, 0.2) is 24.3 Å². The van der Waals surface area contributed by atoms with Gasteiger partial charge in [-0.25, -0.2) is 0 Å². The lowest BCUT2D eigenvalue weighted by molar-refractivity contribution is 0.151. The summed E-state index contributed by atoms with van der Waals surface area (Å²) in [6.07, 6.45) is 2.16. The zero-order valence-electron chi connectivity index (χ0n) is 10.5. The molecule has 0 radical (unpaired) electrons. The van der Waals surface area contributed by atoms with Crippen LogP contribution < -0.4 is 5.73 Å². The fourth-order valence-corrected chi connectivity index (χ4v) is 2.43. The molecule has 0 bridgehead atoms. The number of benzene rings is 1. The van der Waals surface area contributed by atoms with Crippen molar-refractivity contribution in [2.24, 2.45) is 5.73 Å². The predicted octanol–water partition coefficient (Wildman–Crippen LogP) is 0.797. The van der Waals surface area contributed by atoms with Crippen molar-refractivity contribution in [2.45, 2.75) is 25.3 Å². The molecule has 0 saturated carbocycles. The van der Waals surface area contributed by atoms with E-state index in [1.807, 2.05) is 6.92 Å². The molecule has 1 aromatic carbocycles. The molecular formula is C14H22N2O. The maximum absolute atomic E-state index is 9.22. The SMILES string of the molecule is CC(N)(CO)CN1CCc2ccccc2CC1.